The zero-order valence-electron chi connectivity index (χ0n) is 17.9. The van der Waals surface area contributed by atoms with Crippen LogP contribution in [0.2, 0.25) is 10.0 Å². The van der Waals surface area contributed by atoms with Crippen LogP contribution in [0.1, 0.15) is 32.2 Å². The lowest BCUT2D eigenvalue weighted by Crippen LogP contribution is -2.54. The largest absolute Gasteiger partial charge is 0.495 e. The Morgan fingerprint density at radius 3 is 2.60 bits per heavy atom. The third-order valence-corrected chi connectivity index (χ3v) is 6.21. The Hall–Kier alpha value is -1.96. The van der Waals surface area contributed by atoms with Crippen molar-refractivity contribution in [3.63, 3.8) is 0 Å². The molecule has 0 bridgehead atoms. The summed E-state index contributed by atoms with van der Waals surface area (Å²) in [6.45, 7) is 9.16. The molecule has 0 spiro atoms. The van der Waals surface area contributed by atoms with Gasteiger partial charge in [0.15, 0.2) is 0 Å². The molecule has 7 nitrogen and oxygen atoms in total. The minimum absolute atomic E-state index is 0.0213. The van der Waals surface area contributed by atoms with Gasteiger partial charge in [-0.25, -0.2) is 0 Å². The smallest absolute Gasteiger partial charge is 0.244 e. The van der Waals surface area contributed by atoms with Crippen LogP contribution in [0.25, 0.3) is 0 Å². The first kappa shape index (κ1) is 22.7. The van der Waals surface area contributed by atoms with Crippen LogP contribution in [0, 0.1) is 6.92 Å². The zero-order chi connectivity index (χ0) is 22.2. The average Bonchev–Trinajstić information content (AvgIpc) is 2.96. The van der Waals surface area contributed by atoms with Crippen LogP contribution in [-0.4, -0.2) is 58.5 Å². The summed E-state index contributed by atoms with van der Waals surface area (Å²) in [6.07, 6.45) is 0. The number of aliphatic hydroxyl groups is 1. The van der Waals surface area contributed by atoms with Gasteiger partial charge in [-0.1, -0.05) is 23.2 Å². The highest BCUT2D eigenvalue weighted by molar-refractivity contribution is 6.32. The molecule has 1 saturated heterocycles. The topological polar surface area (TPSA) is 70.8 Å². The van der Waals surface area contributed by atoms with Gasteiger partial charge >= 0.3 is 0 Å². The first-order chi connectivity index (χ1) is 14.0. The standard InChI is InChI=1S/C21H28Cl2N4O3/c1-13-11-25(15-6-7-16(22)17(10-15)30-5)8-9-26(13)18(28)12-27-14(2)19(23)20(24-27)21(3,4)29/h6-7,10,13,29H,8-9,11-12H2,1-5H3. The number of aromatic nitrogens is 2. The van der Waals surface area contributed by atoms with Crippen molar-refractivity contribution >= 4 is 34.8 Å². The van der Waals surface area contributed by atoms with Gasteiger partial charge in [-0.2, -0.15) is 5.10 Å². The van der Waals surface area contributed by atoms with Crippen LogP contribution in [0.4, 0.5) is 5.69 Å². The molecular formula is C21H28Cl2N4O3. The number of nitrogens with zero attached hydrogens (tertiary/aromatic N) is 4. The number of carbonyl (C=O) groups is 1. The Balaban J connectivity index is 1.70. The van der Waals surface area contributed by atoms with Crippen LogP contribution < -0.4 is 9.64 Å². The first-order valence-corrected chi connectivity index (χ1v) is 10.6. The van der Waals surface area contributed by atoms with Crippen LogP contribution in [0.15, 0.2) is 18.2 Å². The second-order valence-corrected chi connectivity index (χ2v) is 8.95. The molecule has 0 aliphatic carbocycles. The van der Waals surface area contributed by atoms with Gasteiger partial charge in [-0.05, 0) is 39.8 Å². The average molecular weight is 455 g/mol. The number of piperazine rings is 1. The van der Waals surface area contributed by atoms with Crippen molar-refractivity contribution in [2.24, 2.45) is 0 Å². The summed E-state index contributed by atoms with van der Waals surface area (Å²) in [5, 5.41) is 15.6. The van der Waals surface area contributed by atoms with E-state index in [9.17, 15) is 9.90 Å². The molecule has 1 amide bonds. The molecule has 0 radical (unpaired) electrons. The molecule has 1 unspecified atom stereocenters. The quantitative estimate of drug-likeness (QED) is 0.748. The van der Waals surface area contributed by atoms with Gasteiger partial charge < -0.3 is 19.6 Å². The number of rotatable bonds is 5. The number of ether oxygens (including phenoxy) is 1. The maximum atomic E-state index is 13.0. The molecule has 2 heterocycles. The van der Waals surface area contributed by atoms with E-state index in [1.807, 2.05) is 30.0 Å². The summed E-state index contributed by atoms with van der Waals surface area (Å²) in [7, 11) is 1.59. The highest BCUT2D eigenvalue weighted by Gasteiger charge is 2.30. The lowest BCUT2D eigenvalue weighted by atomic mass is 10.1. The third-order valence-electron chi connectivity index (χ3n) is 5.45. The van der Waals surface area contributed by atoms with E-state index < -0.39 is 5.60 Å². The number of benzene rings is 1. The van der Waals surface area contributed by atoms with Gasteiger partial charge in [0.25, 0.3) is 0 Å². The fourth-order valence-electron chi connectivity index (χ4n) is 3.70. The SMILES string of the molecule is COc1cc(N2CCN(C(=O)Cn3nc(C(C)(C)O)c(Cl)c3C)C(C)C2)ccc1Cl. The molecule has 1 aromatic carbocycles. The summed E-state index contributed by atoms with van der Waals surface area (Å²) in [6, 6.07) is 5.72. The van der Waals surface area contributed by atoms with Gasteiger partial charge in [0.05, 0.1) is 22.8 Å². The summed E-state index contributed by atoms with van der Waals surface area (Å²) >= 11 is 12.5. The van der Waals surface area contributed by atoms with E-state index >= 15 is 0 Å². The van der Waals surface area contributed by atoms with Crippen molar-refractivity contribution in [2.45, 2.75) is 45.9 Å². The van der Waals surface area contributed by atoms with Gasteiger partial charge in [-0.15, -0.1) is 0 Å². The van der Waals surface area contributed by atoms with E-state index in [2.05, 4.69) is 10.00 Å². The van der Waals surface area contributed by atoms with Crippen molar-refractivity contribution in [1.82, 2.24) is 14.7 Å². The molecule has 1 aliphatic heterocycles. The van der Waals surface area contributed by atoms with E-state index in [0.29, 0.717) is 46.8 Å². The molecule has 9 heteroatoms. The fraction of sp³-hybridized carbons (Fsp3) is 0.524. The van der Waals surface area contributed by atoms with E-state index in [-0.39, 0.29) is 18.5 Å². The predicted octanol–water partition coefficient (Wildman–Crippen LogP) is 3.47. The minimum Gasteiger partial charge on any atom is -0.495 e. The fourth-order valence-corrected chi connectivity index (χ4v) is 4.26. The van der Waals surface area contributed by atoms with Gasteiger partial charge in [0.1, 0.15) is 23.6 Å². The Bertz CT molecular complexity index is 939. The first-order valence-electron chi connectivity index (χ1n) is 9.86. The van der Waals surface area contributed by atoms with Crippen LogP contribution >= 0.6 is 23.2 Å². The molecule has 164 valence electrons. The predicted molar refractivity (Wildman–Crippen MR) is 119 cm³/mol. The normalized spacial score (nSPS) is 17.4. The second kappa shape index (κ2) is 8.65. The second-order valence-electron chi connectivity index (χ2n) is 8.17. The summed E-state index contributed by atoms with van der Waals surface area (Å²) in [4.78, 5) is 17.1. The maximum Gasteiger partial charge on any atom is 0.244 e. The Kier molecular flexibility index (Phi) is 6.55. The third kappa shape index (κ3) is 4.53. The summed E-state index contributed by atoms with van der Waals surface area (Å²) in [5.41, 5.74) is 0.889. The lowest BCUT2D eigenvalue weighted by Gasteiger charge is -2.41. The molecule has 1 aliphatic rings. The van der Waals surface area contributed by atoms with Crippen molar-refractivity contribution in [3.8, 4) is 5.75 Å². The molecule has 1 fully saturated rings. The van der Waals surface area contributed by atoms with Gasteiger partial charge in [-0.3, -0.25) is 9.48 Å². The van der Waals surface area contributed by atoms with Crippen molar-refractivity contribution in [1.29, 1.82) is 0 Å². The van der Waals surface area contributed by atoms with Crippen LogP contribution in [0.5, 0.6) is 5.75 Å². The lowest BCUT2D eigenvalue weighted by molar-refractivity contribution is -0.134. The van der Waals surface area contributed by atoms with E-state index in [0.717, 1.165) is 5.69 Å². The number of methoxy groups -OCH3 is 1. The summed E-state index contributed by atoms with van der Waals surface area (Å²) < 4.78 is 6.88. The molecule has 1 atom stereocenters. The monoisotopic (exact) mass is 454 g/mol. The molecule has 2 aromatic rings. The van der Waals surface area contributed by atoms with E-state index in [1.165, 1.54) is 0 Å². The molecule has 30 heavy (non-hydrogen) atoms. The minimum atomic E-state index is -1.17. The zero-order valence-corrected chi connectivity index (χ0v) is 19.5. The molecular weight excluding hydrogens is 427 g/mol. The maximum absolute atomic E-state index is 13.0. The molecule has 1 N–H and O–H groups in total. The van der Waals surface area contributed by atoms with Crippen LogP contribution in [0.3, 0.4) is 0 Å². The Morgan fingerprint density at radius 2 is 2.03 bits per heavy atom. The number of anilines is 1. The number of carbonyl (C=O) groups excluding carboxylic acids is 1. The number of hydrogen-bond acceptors (Lipinski definition) is 5. The number of hydrogen-bond donors (Lipinski definition) is 1. The number of amides is 1. The number of halogens is 2. The van der Waals surface area contributed by atoms with E-state index in [1.54, 1.807) is 32.6 Å². The molecule has 3 rings (SSSR count). The van der Waals surface area contributed by atoms with Gasteiger partial charge in [0, 0.05) is 37.4 Å². The Morgan fingerprint density at radius 1 is 1.33 bits per heavy atom. The highest BCUT2D eigenvalue weighted by atomic mass is 35.5. The molecule has 0 saturated carbocycles. The van der Waals surface area contributed by atoms with Crippen molar-refractivity contribution < 1.29 is 14.6 Å². The Labute approximate surface area is 187 Å². The van der Waals surface area contributed by atoms with Crippen molar-refractivity contribution in [2.75, 3.05) is 31.6 Å². The highest BCUT2D eigenvalue weighted by Crippen LogP contribution is 2.31. The van der Waals surface area contributed by atoms with Crippen LogP contribution in [-0.2, 0) is 16.9 Å². The van der Waals surface area contributed by atoms with E-state index in [4.69, 9.17) is 27.9 Å². The molecule has 1 aromatic heterocycles. The van der Waals surface area contributed by atoms with Gasteiger partial charge in [0.2, 0.25) is 5.91 Å². The summed E-state index contributed by atoms with van der Waals surface area (Å²) in [5.74, 6) is 0.606. The van der Waals surface area contributed by atoms with Crippen molar-refractivity contribution in [3.05, 3.63) is 39.6 Å².